The maximum atomic E-state index is 12.0. The Balaban J connectivity index is 1.93. The van der Waals surface area contributed by atoms with Crippen LogP contribution < -0.4 is 5.32 Å². The van der Waals surface area contributed by atoms with E-state index in [1.165, 1.54) is 17.3 Å². The number of aromatic nitrogens is 3. The van der Waals surface area contributed by atoms with Crippen molar-refractivity contribution in [3.63, 3.8) is 0 Å². The molecule has 0 saturated heterocycles. The summed E-state index contributed by atoms with van der Waals surface area (Å²) in [6.45, 7) is 1.73. The molecular weight excluding hydrogens is 272 g/mol. The van der Waals surface area contributed by atoms with Gasteiger partial charge in [-0.15, -0.1) is 0 Å². The first-order chi connectivity index (χ1) is 10.1. The Morgan fingerprint density at radius 2 is 2.05 bits per heavy atom. The fourth-order valence-electron chi connectivity index (χ4n) is 1.79. The molecule has 1 unspecified atom stereocenters. The van der Waals surface area contributed by atoms with Crippen molar-refractivity contribution in [2.45, 2.75) is 25.8 Å². The van der Waals surface area contributed by atoms with E-state index in [0.29, 0.717) is 12.1 Å². The second-order valence-electron chi connectivity index (χ2n) is 4.63. The monoisotopic (exact) mass is 288 g/mol. The number of nitrogens with zero attached hydrogens (tertiary/aromatic N) is 3. The van der Waals surface area contributed by atoms with Crippen LogP contribution in [-0.4, -0.2) is 31.7 Å². The van der Waals surface area contributed by atoms with Crippen LogP contribution in [0.3, 0.4) is 0 Å². The summed E-state index contributed by atoms with van der Waals surface area (Å²) in [4.78, 5) is 26.3. The molecule has 7 heteroatoms. The van der Waals surface area contributed by atoms with Crippen LogP contribution in [0.15, 0.2) is 36.9 Å². The number of rotatable bonds is 6. The number of hydrogen-bond donors (Lipinski definition) is 2. The lowest BCUT2D eigenvalue weighted by Gasteiger charge is -2.12. The average molecular weight is 288 g/mol. The van der Waals surface area contributed by atoms with Gasteiger partial charge >= 0.3 is 5.97 Å². The summed E-state index contributed by atoms with van der Waals surface area (Å²) < 4.78 is 1.47. The maximum Gasteiger partial charge on any atom is 0.303 e. The normalized spacial score (nSPS) is 11.9. The molecule has 1 aromatic carbocycles. The van der Waals surface area contributed by atoms with Gasteiger partial charge in [-0.3, -0.25) is 9.59 Å². The minimum absolute atomic E-state index is 0.0923. The average Bonchev–Trinajstić information content (AvgIpc) is 2.99. The van der Waals surface area contributed by atoms with E-state index < -0.39 is 12.0 Å². The smallest absolute Gasteiger partial charge is 0.303 e. The number of nitrogens with one attached hydrogen (secondary N) is 1. The zero-order chi connectivity index (χ0) is 15.2. The van der Waals surface area contributed by atoms with Crippen molar-refractivity contribution in [3.8, 4) is 0 Å². The van der Waals surface area contributed by atoms with Crippen molar-refractivity contribution in [2.24, 2.45) is 0 Å². The molecular formula is C14H16N4O3. The minimum atomic E-state index is -0.825. The fourth-order valence-corrected chi connectivity index (χ4v) is 1.79. The van der Waals surface area contributed by atoms with Gasteiger partial charge in [-0.2, -0.15) is 5.10 Å². The number of aliphatic carboxylic acids is 1. The maximum absolute atomic E-state index is 12.0. The van der Waals surface area contributed by atoms with Crippen molar-refractivity contribution >= 4 is 17.6 Å². The Kier molecular flexibility index (Phi) is 4.65. The summed E-state index contributed by atoms with van der Waals surface area (Å²) in [7, 11) is 0. The first-order valence-electron chi connectivity index (χ1n) is 6.52. The SMILES string of the molecule is CC(C(=O)Nc1ccc(CCC(=O)O)cc1)n1cncn1. The lowest BCUT2D eigenvalue weighted by molar-refractivity contribution is -0.137. The zero-order valence-electron chi connectivity index (χ0n) is 11.6. The number of benzene rings is 1. The molecule has 0 aliphatic rings. The van der Waals surface area contributed by atoms with Crippen LogP contribution in [0.4, 0.5) is 5.69 Å². The molecule has 7 nitrogen and oxygen atoms in total. The highest BCUT2D eigenvalue weighted by molar-refractivity contribution is 5.93. The van der Waals surface area contributed by atoms with Crippen molar-refractivity contribution < 1.29 is 14.7 Å². The molecule has 1 atom stereocenters. The number of carbonyl (C=O) groups is 2. The molecule has 21 heavy (non-hydrogen) atoms. The van der Waals surface area contributed by atoms with Crippen LogP contribution in [0.25, 0.3) is 0 Å². The van der Waals surface area contributed by atoms with Crippen LogP contribution in [0.2, 0.25) is 0 Å². The number of carboxylic acid groups (broad SMARTS) is 1. The molecule has 0 fully saturated rings. The van der Waals surface area contributed by atoms with Gasteiger partial charge in [0.05, 0.1) is 0 Å². The molecule has 0 saturated carbocycles. The zero-order valence-corrected chi connectivity index (χ0v) is 11.6. The Morgan fingerprint density at radius 3 is 2.62 bits per heavy atom. The summed E-state index contributed by atoms with van der Waals surface area (Å²) in [5.41, 5.74) is 1.57. The van der Waals surface area contributed by atoms with Gasteiger partial charge in [0, 0.05) is 12.1 Å². The molecule has 2 N–H and O–H groups in total. The van der Waals surface area contributed by atoms with Crippen molar-refractivity contribution in [1.82, 2.24) is 14.8 Å². The third kappa shape index (κ3) is 4.13. The predicted octanol–water partition coefficient (Wildman–Crippen LogP) is 1.49. The van der Waals surface area contributed by atoms with Crippen molar-refractivity contribution in [2.75, 3.05) is 5.32 Å². The number of carbonyl (C=O) groups excluding carboxylic acids is 1. The van der Waals surface area contributed by atoms with Gasteiger partial charge in [0.15, 0.2) is 0 Å². The van der Waals surface area contributed by atoms with E-state index in [1.54, 1.807) is 31.2 Å². The Labute approximate surface area is 121 Å². The van der Waals surface area contributed by atoms with E-state index in [0.717, 1.165) is 5.56 Å². The first-order valence-corrected chi connectivity index (χ1v) is 6.52. The largest absolute Gasteiger partial charge is 0.481 e. The minimum Gasteiger partial charge on any atom is -0.481 e. The lowest BCUT2D eigenvalue weighted by Crippen LogP contribution is -2.24. The molecule has 0 spiro atoms. The molecule has 0 radical (unpaired) electrons. The van der Waals surface area contributed by atoms with E-state index in [-0.39, 0.29) is 12.3 Å². The molecule has 0 aliphatic carbocycles. The number of anilines is 1. The number of carboxylic acids is 1. The van der Waals surface area contributed by atoms with Crippen molar-refractivity contribution in [1.29, 1.82) is 0 Å². The Bertz CT molecular complexity index is 608. The Hall–Kier alpha value is -2.70. The van der Waals surface area contributed by atoms with Gasteiger partial charge in [0.1, 0.15) is 18.7 Å². The van der Waals surface area contributed by atoms with Gasteiger partial charge in [0.25, 0.3) is 0 Å². The second kappa shape index (κ2) is 6.65. The molecule has 2 aromatic rings. The van der Waals surface area contributed by atoms with Gasteiger partial charge < -0.3 is 10.4 Å². The first kappa shape index (κ1) is 14.7. The number of aryl methyl sites for hydroxylation is 1. The Morgan fingerprint density at radius 1 is 1.33 bits per heavy atom. The van der Waals surface area contributed by atoms with Gasteiger partial charge in [-0.1, -0.05) is 12.1 Å². The number of hydrogen-bond acceptors (Lipinski definition) is 4. The van der Waals surface area contributed by atoms with Crippen LogP contribution in [0.5, 0.6) is 0 Å². The molecule has 1 amide bonds. The quantitative estimate of drug-likeness (QED) is 0.839. The summed E-state index contributed by atoms with van der Waals surface area (Å²) in [5.74, 6) is -1.02. The predicted molar refractivity (Wildman–Crippen MR) is 75.8 cm³/mol. The van der Waals surface area contributed by atoms with Crippen LogP contribution in [0.1, 0.15) is 24.9 Å². The molecule has 2 rings (SSSR count). The van der Waals surface area contributed by atoms with E-state index >= 15 is 0 Å². The number of amides is 1. The lowest BCUT2D eigenvalue weighted by atomic mass is 10.1. The summed E-state index contributed by atoms with van der Waals surface area (Å²) >= 11 is 0. The molecule has 1 aromatic heterocycles. The van der Waals surface area contributed by atoms with Crippen LogP contribution in [-0.2, 0) is 16.0 Å². The third-order valence-corrected chi connectivity index (χ3v) is 3.06. The van der Waals surface area contributed by atoms with E-state index in [4.69, 9.17) is 5.11 Å². The highest BCUT2D eigenvalue weighted by Crippen LogP contribution is 2.13. The fraction of sp³-hybridized carbons (Fsp3) is 0.286. The summed E-state index contributed by atoms with van der Waals surface area (Å²) in [6, 6.07) is 6.66. The van der Waals surface area contributed by atoms with E-state index in [1.807, 2.05) is 0 Å². The molecule has 0 aliphatic heterocycles. The van der Waals surface area contributed by atoms with Gasteiger partial charge in [-0.05, 0) is 31.0 Å². The molecule has 110 valence electrons. The molecule has 1 heterocycles. The standard InChI is InChI=1S/C14H16N4O3/c1-10(18-9-15-8-16-18)14(21)17-12-5-2-11(3-6-12)4-7-13(19)20/h2-3,5-6,8-10H,4,7H2,1H3,(H,17,21)(H,19,20). The van der Waals surface area contributed by atoms with Gasteiger partial charge in [-0.25, -0.2) is 9.67 Å². The third-order valence-electron chi connectivity index (χ3n) is 3.06. The highest BCUT2D eigenvalue weighted by Gasteiger charge is 2.15. The van der Waals surface area contributed by atoms with E-state index in [9.17, 15) is 9.59 Å². The van der Waals surface area contributed by atoms with Crippen LogP contribution in [0, 0.1) is 0 Å². The van der Waals surface area contributed by atoms with Crippen molar-refractivity contribution in [3.05, 3.63) is 42.5 Å². The highest BCUT2D eigenvalue weighted by atomic mass is 16.4. The summed E-state index contributed by atoms with van der Waals surface area (Å²) in [5, 5.41) is 15.3. The molecule has 0 bridgehead atoms. The van der Waals surface area contributed by atoms with Gasteiger partial charge in [0.2, 0.25) is 5.91 Å². The second-order valence-corrected chi connectivity index (χ2v) is 4.63. The topological polar surface area (TPSA) is 97.1 Å². The van der Waals surface area contributed by atoms with E-state index in [2.05, 4.69) is 15.4 Å². The summed E-state index contributed by atoms with van der Waals surface area (Å²) in [6.07, 6.45) is 3.42. The van der Waals surface area contributed by atoms with Crippen LogP contribution >= 0.6 is 0 Å².